The van der Waals surface area contributed by atoms with Crippen molar-refractivity contribution >= 4 is 33.2 Å². The number of benzene rings is 1. The molecule has 24 heavy (non-hydrogen) atoms. The van der Waals surface area contributed by atoms with Crippen LogP contribution in [-0.4, -0.2) is 31.1 Å². The van der Waals surface area contributed by atoms with Gasteiger partial charge in [0, 0.05) is 42.1 Å². The maximum atomic E-state index is 13.7. The van der Waals surface area contributed by atoms with E-state index in [-0.39, 0.29) is 5.82 Å². The molecular weight excluding hydrogens is 391 g/mol. The highest BCUT2D eigenvalue weighted by Gasteiger charge is 2.05. The van der Waals surface area contributed by atoms with Crippen LogP contribution in [0.1, 0.15) is 22.4 Å². The van der Waals surface area contributed by atoms with Gasteiger partial charge in [-0.05, 0) is 36.6 Å². The summed E-state index contributed by atoms with van der Waals surface area (Å²) in [5, 5.41) is 7.60. The van der Waals surface area contributed by atoms with Crippen LogP contribution >= 0.6 is 27.3 Å². The van der Waals surface area contributed by atoms with Crippen LogP contribution in [-0.2, 0) is 19.3 Å². The van der Waals surface area contributed by atoms with E-state index in [1.807, 2.05) is 6.20 Å². The predicted octanol–water partition coefficient (Wildman–Crippen LogP) is 3.56. The number of rotatable bonds is 7. The summed E-state index contributed by atoms with van der Waals surface area (Å²) in [7, 11) is 1.73. The van der Waals surface area contributed by atoms with Gasteiger partial charge in [0.1, 0.15) is 5.82 Å². The maximum absolute atomic E-state index is 13.7. The van der Waals surface area contributed by atoms with Gasteiger partial charge in [0.2, 0.25) is 0 Å². The molecule has 0 aliphatic heterocycles. The van der Waals surface area contributed by atoms with Crippen molar-refractivity contribution < 1.29 is 4.39 Å². The fourth-order valence-electron chi connectivity index (χ4n) is 2.19. The summed E-state index contributed by atoms with van der Waals surface area (Å²) in [4.78, 5) is 9.90. The van der Waals surface area contributed by atoms with Gasteiger partial charge in [-0.2, -0.15) is 0 Å². The second kappa shape index (κ2) is 9.74. The minimum Gasteiger partial charge on any atom is -0.356 e. The number of aromatic nitrogens is 1. The lowest BCUT2D eigenvalue weighted by atomic mass is 10.1. The minimum absolute atomic E-state index is 0.182. The number of aliphatic imine (C=N–C) groups is 1. The Hall–Kier alpha value is -1.47. The Kier molecular flexibility index (Phi) is 7.65. The van der Waals surface area contributed by atoms with Crippen molar-refractivity contribution in [3.8, 4) is 0 Å². The number of nitrogens with zero attached hydrogens (tertiary/aromatic N) is 2. The number of aryl methyl sites for hydroxylation is 1. The van der Waals surface area contributed by atoms with Crippen molar-refractivity contribution in [1.29, 1.82) is 0 Å². The van der Waals surface area contributed by atoms with Crippen LogP contribution in [0.25, 0.3) is 0 Å². The van der Waals surface area contributed by atoms with Gasteiger partial charge in [0.05, 0.1) is 5.01 Å². The Morgan fingerprint density at radius 2 is 2.04 bits per heavy atom. The van der Waals surface area contributed by atoms with E-state index in [4.69, 9.17) is 0 Å². The third kappa shape index (κ3) is 5.87. The number of thiazole rings is 1. The zero-order valence-electron chi connectivity index (χ0n) is 13.9. The van der Waals surface area contributed by atoms with Gasteiger partial charge in [0.15, 0.2) is 5.96 Å². The molecule has 0 fully saturated rings. The van der Waals surface area contributed by atoms with Crippen molar-refractivity contribution in [2.75, 3.05) is 20.1 Å². The van der Waals surface area contributed by atoms with E-state index in [1.54, 1.807) is 30.5 Å². The number of nitrogens with one attached hydrogen (secondary N) is 2. The predicted molar refractivity (Wildman–Crippen MR) is 102 cm³/mol. The van der Waals surface area contributed by atoms with Gasteiger partial charge in [-0.3, -0.25) is 4.99 Å². The largest absolute Gasteiger partial charge is 0.356 e. The monoisotopic (exact) mass is 412 g/mol. The van der Waals surface area contributed by atoms with Crippen LogP contribution in [0.3, 0.4) is 0 Å². The zero-order valence-corrected chi connectivity index (χ0v) is 16.3. The Morgan fingerprint density at radius 1 is 1.29 bits per heavy atom. The van der Waals surface area contributed by atoms with Crippen molar-refractivity contribution in [2.24, 2.45) is 4.99 Å². The van der Waals surface area contributed by atoms with Crippen LogP contribution in [0.4, 0.5) is 4.39 Å². The highest BCUT2D eigenvalue weighted by Crippen LogP contribution is 2.15. The summed E-state index contributed by atoms with van der Waals surface area (Å²) in [6.07, 6.45) is 4.43. The molecule has 0 aliphatic rings. The highest BCUT2D eigenvalue weighted by atomic mass is 79.9. The van der Waals surface area contributed by atoms with E-state index in [2.05, 4.69) is 43.5 Å². The summed E-state index contributed by atoms with van der Waals surface area (Å²) in [6, 6.07) is 4.99. The third-order valence-electron chi connectivity index (χ3n) is 3.50. The van der Waals surface area contributed by atoms with Gasteiger partial charge < -0.3 is 10.6 Å². The molecule has 2 rings (SSSR count). The molecule has 0 atom stereocenters. The Bertz CT molecular complexity index is 687. The molecule has 0 spiro atoms. The zero-order chi connectivity index (χ0) is 17.4. The number of halogens is 2. The van der Waals surface area contributed by atoms with E-state index in [0.29, 0.717) is 18.5 Å². The van der Waals surface area contributed by atoms with E-state index in [9.17, 15) is 4.39 Å². The van der Waals surface area contributed by atoms with E-state index in [1.165, 1.54) is 10.9 Å². The third-order valence-corrected chi connectivity index (χ3v) is 5.19. The molecule has 0 saturated carbocycles. The van der Waals surface area contributed by atoms with Crippen molar-refractivity contribution in [1.82, 2.24) is 15.6 Å². The van der Waals surface area contributed by atoms with Gasteiger partial charge in [-0.25, -0.2) is 9.37 Å². The second-order valence-electron chi connectivity index (χ2n) is 5.24. The van der Waals surface area contributed by atoms with E-state index >= 15 is 0 Å². The van der Waals surface area contributed by atoms with Gasteiger partial charge in [-0.15, -0.1) is 11.3 Å². The molecule has 2 N–H and O–H groups in total. The first-order valence-corrected chi connectivity index (χ1v) is 9.55. The summed E-state index contributed by atoms with van der Waals surface area (Å²) in [5.41, 5.74) is 0.683. The second-order valence-corrected chi connectivity index (χ2v) is 7.35. The maximum Gasteiger partial charge on any atom is 0.191 e. The fourth-order valence-corrected chi connectivity index (χ4v) is 3.46. The lowest BCUT2D eigenvalue weighted by Crippen LogP contribution is -2.39. The van der Waals surface area contributed by atoms with Crippen LogP contribution in [0.2, 0.25) is 0 Å². The van der Waals surface area contributed by atoms with Gasteiger partial charge >= 0.3 is 0 Å². The SMILES string of the molecule is CCc1cnc(CCNC(=NC)NCCc2cc(Br)ccc2F)s1. The average molecular weight is 413 g/mol. The molecule has 4 nitrogen and oxygen atoms in total. The Labute approximate surface area is 154 Å². The fraction of sp³-hybridized carbons (Fsp3) is 0.412. The first-order chi connectivity index (χ1) is 11.6. The first kappa shape index (κ1) is 18.9. The molecule has 1 aromatic carbocycles. The van der Waals surface area contributed by atoms with Crippen LogP contribution in [0.15, 0.2) is 33.9 Å². The average Bonchev–Trinajstić information content (AvgIpc) is 3.04. The van der Waals surface area contributed by atoms with Gasteiger partial charge in [0.25, 0.3) is 0 Å². The van der Waals surface area contributed by atoms with Crippen molar-refractivity contribution in [3.63, 3.8) is 0 Å². The normalized spacial score (nSPS) is 11.6. The molecule has 0 radical (unpaired) electrons. The molecule has 0 unspecified atom stereocenters. The van der Waals surface area contributed by atoms with Crippen molar-refractivity contribution in [3.05, 3.63) is 50.1 Å². The Morgan fingerprint density at radius 3 is 2.71 bits per heavy atom. The molecule has 0 amide bonds. The summed E-state index contributed by atoms with van der Waals surface area (Å²) in [5.74, 6) is 0.538. The molecular formula is C17H22BrFN4S. The molecule has 0 aliphatic carbocycles. The highest BCUT2D eigenvalue weighted by molar-refractivity contribution is 9.10. The molecule has 1 heterocycles. The smallest absolute Gasteiger partial charge is 0.191 e. The quantitative estimate of drug-likeness (QED) is 0.539. The number of hydrogen-bond donors (Lipinski definition) is 2. The lowest BCUT2D eigenvalue weighted by Gasteiger charge is -2.11. The van der Waals surface area contributed by atoms with Crippen LogP contribution in [0, 0.1) is 5.82 Å². The molecule has 2 aromatic rings. The number of hydrogen-bond acceptors (Lipinski definition) is 3. The molecule has 0 bridgehead atoms. The van der Waals surface area contributed by atoms with E-state index < -0.39 is 0 Å². The Balaban J connectivity index is 1.73. The first-order valence-electron chi connectivity index (χ1n) is 7.94. The molecule has 1 aromatic heterocycles. The topological polar surface area (TPSA) is 49.3 Å². The number of guanidine groups is 1. The van der Waals surface area contributed by atoms with Crippen LogP contribution < -0.4 is 10.6 Å². The summed E-state index contributed by atoms with van der Waals surface area (Å²) < 4.78 is 14.6. The molecule has 130 valence electrons. The summed E-state index contributed by atoms with van der Waals surface area (Å²) in [6.45, 7) is 3.52. The molecule has 7 heteroatoms. The van der Waals surface area contributed by atoms with Crippen molar-refractivity contribution in [2.45, 2.75) is 26.2 Å². The summed E-state index contributed by atoms with van der Waals surface area (Å²) >= 11 is 5.12. The standard InChI is InChI=1S/C17H22BrFN4S/c1-3-14-11-23-16(24-14)7-9-22-17(20-2)21-8-6-12-10-13(18)4-5-15(12)19/h4-5,10-11H,3,6-9H2,1-2H3,(H2,20,21,22). The lowest BCUT2D eigenvalue weighted by molar-refractivity contribution is 0.606. The van der Waals surface area contributed by atoms with Gasteiger partial charge in [-0.1, -0.05) is 22.9 Å². The molecule has 0 saturated heterocycles. The van der Waals surface area contributed by atoms with E-state index in [0.717, 1.165) is 34.8 Å². The van der Waals surface area contributed by atoms with Crippen LogP contribution in [0.5, 0.6) is 0 Å². The minimum atomic E-state index is -0.182.